The Morgan fingerprint density at radius 1 is 1.03 bits per heavy atom. The molecule has 0 atom stereocenters. The van der Waals surface area contributed by atoms with Gasteiger partial charge < -0.3 is 10.1 Å². The van der Waals surface area contributed by atoms with Gasteiger partial charge in [0.15, 0.2) is 5.16 Å². The minimum atomic E-state index is -0.0980. The van der Waals surface area contributed by atoms with E-state index in [9.17, 15) is 4.79 Å². The molecule has 8 heteroatoms. The Hall–Kier alpha value is -3.23. The number of carbonyl (C=O) groups excluding carboxylic acids is 1. The summed E-state index contributed by atoms with van der Waals surface area (Å²) in [5.74, 6) is 0.909. The molecule has 1 N–H and O–H groups in total. The molecular weight excluding hydrogens is 452 g/mol. The van der Waals surface area contributed by atoms with Gasteiger partial charge in [0.2, 0.25) is 5.91 Å². The van der Waals surface area contributed by atoms with Crippen LogP contribution in [0.2, 0.25) is 0 Å². The van der Waals surface area contributed by atoms with Crippen molar-refractivity contribution in [1.82, 2.24) is 14.8 Å². The molecule has 3 aromatic carbocycles. The first kappa shape index (κ1) is 22.9. The van der Waals surface area contributed by atoms with Crippen LogP contribution < -0.4 is 10.1 Å². The second kappa shape index (κ2) is 10.6. The zero-order chi connectivity index (χ0) is 23.2. The van der Waals surface area contributed by atoms with Crippen LogP contribution in [0.3, 0.4) is 0 Å². The van der Waals surface area contributed by atoms with Crippen LogP contribution in [0.4, 0.5) is 5.69 Å². The highest BCUT2D eigenvalue weighted by molar-refractivity contribution is 8.00. The minimum Gasteiger partial charge on any atom is -0.497 e. The standard InChI is InChI=1S/C25H24N4O2S2/c1-17-4-5-18(2)23(14-17)33-22-12-6-19(7-13-22)27-24(30)15-32-25-28-26-16-29(25)20-8-10-21(31-3)11-9-20/h4-14,16H,15H2,1-3H3,(H,27,30). The summed E-state index contributed by atoms with van der Waals surface area (Å²) >= 11 is 3.06. The molecule has 0 aliphatic rings. The van der Waals surface area contributed by atoms with Gasteiger partial charge in [-0.2, -0.15) is 0 Å². The molecule has 0 saturated carbocycles. The van der Waals surface area contributed by atoms with E-state index < -0.39 is 0 Å². The number of rotatable bonds is 8. The van der Waals surface area contributed by atoms with Crippen LogP contribution in [0.5, 0.6) is 5.75 Å². The number of benzene rings is 3. The van der Waals surface area contributed by atoms with Crippen molar-refractivity contribution in [2.45, 2.75) is 28.8 Å². The summed E-state index contributed by atoms with van der Waals surface area (Å²) in [4.78, 5) is 14.9. The van der Waals surface area contributed by atoms with Crippen molar-refractivity contribution in [3.8, 4) is 11.4 Å². The van der Waals surface area contributed by atoms with Gasteiger partial charge in [-0.15, -0.1) is 10.2 Å². The molecule has 168 valence electrons. The molecule has 1 aromatic heterocycles. The van der Waals surface area contributed by atoms with Gasteiger partial charge in [-0.1, -0.05) is 35.7 Å². The lowest BCUT2D eigenvalue weighted by molar-refractivity contribution is -0.113. The predicted molar refractivity (Wildman–Crippen MR) is 134 cm³/mol. The number of nitrogens with one attached hydrogen (secondary N) is 1. The molecule has 0 bridgehead atoms. The zero-order valence-electron chi connectivity index (χ0n) is 18.6. The molecule has 4 rings (SSSR count). The third kappa shape index (κ3) is 5.97. The van der Waals surface area contributed by atoms with Crippen LogP contribution in [0.15, 0.2) is 88.0 Å². The summed E-state index contributed by atoms with van der Waals surface area (Å²) in [5.41, 5.74) is 4.16. The van der Waals surface area contributed by atoms with Crippen LogP contribution in [-0.2, 0) is 4.79 Å². The topological polar surface area (TPSA) is 69.0 Å². The molecule has 0 aliphatic carbocycles. The highest BCUT2D eigenvalue weighted by Crippen LogP contribution is 2.31. The molecule has 0 saturated heterocycles. The van der Waals surface area contributed by atoms with E-state index in [-0.39, 0.29) is 11.7 Å². The molecule has 0 aliphatic heterocycles. The van der Waals surface area contributed by atoms with E-state index in [2.05, 4.69) is 47.6 Å². The molecule has 33 heavy (non-hydrogen) atoms. The average molecular weight is 477 g/mol. The number of thioether (sulfide) groups is 1. The second-order valence-electron chi connectivity index (χ2n) is 7.41. The molecule has 0 spiro atoms. The maximum atomic E-state index is 12.5. The van der Waals surface area contributed by atoms with Crippen molar-refractivity contribution in [3.63, 3.8) is 0 Å². The summed E-state index contributed by atoms with van der Waals surface area (Å²) in [5, 5.41) is 11.7. The van der Waals surface area contributed by atoms with Gasteiger partial charge in [0.25, 0.3) is 0 Å². The highest BCUT2D eigenvalue weighted by Gasteiger charge is 2.11. The Morgan fingerprint density at radius 2 is 1.79 bits per heavy atom. The van der Waals surface area contributed by atoms with Crippen molar-refractivity contribution in [2.75, 3.05) is 18.2 Å². The van der Waals surface area contributed by atoms with Gasteiger partial charge >= 0.3 is 0 Å². The fraction of sp³-hybridized carbons (Fsp3) is 0.160. The van der Waals surface area contributed by atoms with Crippen LogP contribution in [0.1, 0.15) is 11.1 Å². The maximum Gasteiger partial charge on any atom is 0.234 e. The van der Waals surface area contributed by atoms with E-state index in [1.54, 1.807) is 25.2 Å². The Balaban J connectivity index is 1.33. The number of amides is 1. The van der Waals surface area contributed by atoms with Crippen LogP contribution in [0, 0.1) is 13.8 Å². The first-order chi connectivity index (χ1) is 16.0. The molecule has 0 fully saturated rings. The summed E-state index contributed by atoms with van der Waals surface area (Å²) in [6, 6.07) is 21.9. The smallest absolute Gasteiger partial charge is 0.234 e. The van der Waals surface area contributed by atoms with Gasteiger partial charge in [0.1, 0.15) is 12.1 Å². The molecule has 1 amide bonds. The summed E-state index contributed by atoms with van der Waals surface area (Å²) in [6.07, 6.45) is 1.63. The molecule has 0 radical (unpaired) electrons. The number of carbonyl (C=O) groups is 1. The van der Waals surface area contributed by atoms with Gasteiger partial charge in [0, 0.05) is 21.2 Å². The number of aryl methyl sites for hydroxylation is 2. The van der Waals surface area contributed by atoms with Crippen molar-refractivity contribution in [3.05, 3.63) is 84.2 Å². The van der Waals surface area contributed by atoms with Gasteiger partial charge in [-0.3, -0.25) is 9.36 Å². The number of ether oxygens (including phenoxy) is 1. The second-order valence-corrected chi connectivity index (χ2v) is 9.47. The van der Waals surface area contributed by atoms with Gasteiger partial charge in [-0.05, 0) is 79.6 Å². The van der Waals surface area contributed by atoms with E-state index >= 15 is 0 Å². The Morgan fingerprint density at radius 3 is 2.52 bits per heavy atom. The third-order valence-corrected chi connectivity index (χ3v) is 7.02. The highest BCUT2D eigenvalue weighted by atomic mass is 32.2. The van der Waals surface area contributed by atoms with Crippen molar-refractivity contribution >= 4 is 35.1 Å². The fourth-order valence-electron chi connectivity index (χ4n) is 3.12. The quantitative estimate of drug-likeness (QED) is 0.325. The number of hydrogen-bond acceptors (Lipinski definition) is 6. The molecule has 6 nitrogen and oxygen atoms in total. The number of hydrogen-bond donors (Lipinski definition) is 1. The summed E-state index contributed by atoms with van der Waals surface area (Å²) in [6.45, 7) is 4.21. The molecule has 4 aromatic rings. The first-order valence-electron chi connectivity index (χ1n) is 10.3. The van der Waals surface area contributed by atoms with Crippen molar-refractivity contribution in [2.24, 2.45) is 0 Å². The van der Waals surface area contributed by atoms with Crippen molar-refractivity contribution < 1.29 is 9.53 Å². The van der Waals surface area contributed by atoms with E-state index in [0.29, 0.717) is 5.16 Å². The van der Waals surface area contributed by atoms with Gasteiger partial charge in [0.05, 0.1) is 12.9 Å². The van der Waals surface area contributed by atoms with E-state index in [4.69, 9.17) is 4.74 Å². The van der Waals surface area contributed by atoms with E-state index in [1.807, 2.05) is 53.1 Å². The zero-order valence-corrected chi connectivity index (χ0v) is 20.2. The number of nitrogens with zero attached hydrogens (tertiary/aromatic N) is 3. The van der Waals surface area contributed by atoms with Gasteiger partial charge in [-0.25, -0.2) is 0 Å². The monoisotopic (exact) mass is 476 g/mol. The average Bonchev–Trinajstić information content (AvgIpc) is 3.30. The number of methoxy groups -OCH3 is 1. The lowest BCUT2D eigenvalue weighted by Crippen LogP contribution is -2.14. The molecule has 0 unspecified atom stereocenters. The number of aromatic nitrogens is 3. The van der Waals surface area contributed by atoms with Crippen molar-refractivity contribution in [1.29, 1.82) is 0 Å². The van der Waals surface area contributed by atoms with E-state index in [1.165, 1.54) is 27.8 Å². The predicted octanol–water partition coefficient (Wildman–Crippen LogP) is 5.77. The fourth-order valence-corrected chi connectivity index (χ4v) is 4.85. The Bertz CT molecular complexity index is 1240. The SMILES string of the molecule is COc1ccc(-n2cnnc2SCC(=O)Nc2ccc(Sc3cc(C)ccc3C)cc2)cc1. The van der Waals surface area contributed by atoms with Crippen LogP contribution in [0.25, 0.3) is 5.69 Å². The summed E-state index contributed by atoms with van der Waals surface area (Å²) < 4.78 is 7.04. The maximum absolute atomic E-state index is 12.5. The summed E-state index contributed by atoms with van der Waals surface area (Å²) in [7, 11) is 1.63. The Kier molecular flexibility index (Phi) is 7.36. The lowest BCUT2D eigenvalue weighted by Gasteiger charge is -2.09. The third-order valence-electron chi connectivity index (χ3n) is 4.91. The Labute approximate surface area is 201 Å². The molecular formula is C25H24N4O2S2. The largest absolute Gasteiger partial charge is 0.497 e. The van der Waals surface area contributed by atoms with Crippen LogP contribution in [-0.4, -0.2) is 33.5 Å². The molecule has 1 heterocycles. The minimum absolute atomic E-state index is 0.0980. The van der Waals surface area contributed by atoms with E-state index in [0.717, 1.165) is 22.0 Å². The normalized spacial score (nSPS) is 10.8. The first-order valence-corrected chi connectivity index (χ1v) is 12.1. The van der Waals surface area contributed by atoms with Crippen LogP contribution >= 0.6 is 23.5 Å². The number of anilines is 1. The lowest BCUT2D eigenvalue weighted by atomic mass is 10.2.